The molecule has 7 nitrogen and oxygen atoms in total. The van der Waals surface area contributed by atoms with Crippen molar-refractivity contribution in [1.82, 2.24) is 25.1 Å². The van der Waals surface area contributed by atoms with Gasteiger partial charge in [-0.2, -0.15) is 4.52 Å². The van der Waals surface area contributed by atoms with Gasteiger partial charge in [-0.15, -0.1) is 15.3 Å². The average Bonchev–Trinajstić information content (AvgIpc) is 3.23. The molecule has 0 unspecified atom stereocenters. The van der Waals surface area contributed by atoms with Crippen molar-refractivity contribution in [2.75, 3.05) is 11.9 Å². The highest BCUT2D eigenvalue weighted by Crippen LogP contribution is 2.17. The maximum Gasteiger partial charge on any atom is 0.220 e. The van der Waals surface area contributed by atoms with Gasteiger partial charge in [0.2, 0.25) is 5.91 Å². The first-order valence-electron chi connectivity index (χ1n) is 10.6. The highest BCUT2D eigenvalue weighted by Gasteiger charge is 2.12. The number of rotatable bonds is 9. The Labute approximate surface area is 191 Å². The summed E-state index contributed by atoms with van der Waals surface area (Å²) in [7, 11) is 0. The number of benzene rings is 2. The molecule has 0 aliphatic carbocycles. The number of aryl methyl sites for hydroxylation is 1. The van der Waals surface area contributed by atoms with Crippen molar-refractivity contribution in [2.45, 2.75) is 32.2 Å². The van der Waals surface area contributed by atoms with Gasteiger partial charge in [0.1, 0.15) is 5.82 Å². The molecule has 0 saturated carbocycles. The molecule has 4 rings (SSSR count). The fourth-order valence-electron chi connectivity index (χ4n) is 3.39. The van der Waals surface area contributed by atoms with Crippen LogP contribution >= 0.6 is 11.6 Å². The van der Waals surface area contributed by atoms with E-state index in [9.17, 15) is 4.79 Å². The lowest BCUT2D eigenvalue weighted by Crippen LogP contribution is -2.27. The summed E-state index contributed by atoms with van der Waals surface area (Å²) in [5, 5.41) is 19.9. The summed E-state index contributed by atoms with van der Waals surface area (Å²) in [6.07, 6.45) is 0.773. The molecule has 1 amide bonds. The van der Waals surface area contributed by atoms with Crippen LogP contribution in [0.1, 0.15) is 36.2 Å². The van der Waals surface area contributed by atoms with Crippen LogP contribution in [-0.4, -0.2) is 32.3 Å². The number of carbonyl (C=O) groups is 1. The Balaban J connectivity index is 1.33. The molecular weight excluding hydrogens is 424 g/mol. The number of halogens is 1. The van der Waals surface area contributed by atoms with Crippen molar-refractivity contribution in [3.63, 3.8) is 0 Å². The van der Waals surface area contributed by atoms with Crippen LogP contribution in [0.2, 0.25) is 5.02 Å². The van der Waals surface area contributed by atoms with Crippen molar-refractivity contribution >= 4 is 29.0 Å². The summed E-state index contributed by atoms with van der Waals surface area (Å²) < 4.78 is 1.68. The quantitative estimate of drug-likeness (QED) is 0.400. The fourth-order valence-corrected chi connectivity index (χ4v) is 3.59. The first-order valence-corrected chi connectivity index (χ1v) is 11.0. The lowest BCUT2D eigenvalue weighted by atomic mass is 10.0. The van der Waals surface area contributed by atoms with Gasteiger partial charge in [-0.05, 0) is 35.2 Å². The molecule has 2 aromatic carbocycles. The third-order valence-corrected chi connectivity index (χ3v) is 5.66. The third kappa shape index (κ3) is 5.42. The molecule has 2 heterocycles. The second-order valence-electron chi connectivity index (χ2n) is 7.67. The maximum absolute atomic E-state index is 12.4. The molecule has 0 aliphatic rings. The molecule has 0 spiro atoms. The summed E-state index contributed by atoms with van der Waals surface area (Å²) in [6.45, 7) is 3.25. The molecule has 1 atom stereocenters. The number of carbonyl (C=O) groups excluding carboxylic acids is 1. The summed E-state index contributed by atoms with van der Waals surface area (Å²) in [6, 6.07) is 21.5. The van der Waals surface area contributed by atoms with Crippen molar-refractivity contribution < 1.29 is 4.79 Å². The Morgan fingerprint density at radius 3 is 2.62 bits per heavy atom. The van der Waals surface area contributed by atoms with Gasteiger partial charge in [-0.25, -0.2) is 0 Å². The Morgan fingerprint density at radius 1 is 1.03 bits per heavy atom. The number of anilines is 1. The Hall–Kier alpha value is -3.45. The van der Waals surface area contributed by atoms with Crippen LogP contribution < -0.4 is 10.6 Å². The molecular formula is C24H25ClN6O. The minimum Gasteiger partial charge on any atom is -0.364 e. The zero-order valence-electron chi connectivity index (χ0n) is 17.8. The van der Waals surface area contributed by atoms with E-state index in [1.807, 2.05) is 54.6 Å². The average molecular weight is 449 g/mol. The standard InChI is InChI=1S/C24H25ClN6O/c1-17(18-7-3-2-4-8-18)15-27-24(32)14-13-23-29-28-22-12-11-21(30-31(22)23)26-16-19-9-5-6-10-20(19)25/h2-12,17H,13-16H2,1H3,(H,26,30)(H,27,32)/t17-/m1/s1. The molecule has 32 heavy (non-hydrogen) atoms. The molecule has 0 aliphatic heterocycles. The predicted molar refractivity (Wildman–Crippen MR) is 126 cm³/mol. The molecule has 2 aromatic heterocycles. The minimum atomic E-state index is -0.0162. The van der Waals surface area contributed by atoms with Gasteiger partial charge < -0.3 is 10.6 Å². The smallest absolute Gasteiger partial charge is 0.220 e. The lowest BCUT2D eigenvalue weighted by Gasteiger charge is -2.13. The molecule has 8 heteroatoms. The number of aromatic nitrogens is 4. The molecule has 0 saturated heterocycles. The van der Waals surface area contributed by atoms with E-state index in [2.05, 4.69) is 45.0 Å². The normalized spacial score (nSPS) is 11.9. The van der Waals surface area contributed by atoms with Crippen LogP contribution in [0.5, 0.6) is 0 Å². The maximum atomic E-state index is 12.4. The first kappa shape index (κ1) is 21.8. The van der Waals surface area contributed by atoms with E-state index in [1.165, 1.54) is 5.56 Å². The van der Waals surface area contributed by atoms with Gasteiger partial charge in [-0.3, -0.25) is 4.79 Å². The molecule has 0 fully saturated rings. The van der Waals surface area contributed by atoms with E-state index in [1.54, 1.807) is 4.52 Å². The number of nitrogens with zero attached hydrogens (tertiary/aromatic N) is 4. The second kappa shape index (κ2) is 10.2. The molecule has 4 aromatic rings. The molecule has 0 radical (unpaired) electrons. The van der Waals surface area contributed by atoms with Crippen molar-refractivity contribution in [2.24, 2.45) is 0 Å². The topological polar surface area (TPSA) is 84.2 Å². The number of fused-ring (bicyclic) bond motifs is 1. The molecule has 2 N–H and O–H groups in total. The van der Waals surface area contributed by atoms with E-state index in [-0.39, 0.29) is 11.8 Å². The van der Waals surface area contributed by atoms with Crippen LogP contribution in [0.3, 0.4) is 0 Å². The predicted octanol–water partition coefficient (Wildman–Crippen LogP) is 4.24. The largest absolute Gasteiger partial charge is 0.364 e. The monoisotopic (exact) mass is 448 g/mol. The van der Waals surface area contributed by atoms with Gasteiger partial charge in [0, 0.05) is 31.0 Å². The highest BCUT2D eigenvalue weighted by molar-refractivity contribution is 6.31. The summed E-state index contributed by atoms with van der Waals surface area (Å²) in [4.78, 5) is 12.4. The molecule has 0 bridgehead atoms. The minimum absolute atomic E-state index is 0.0162. The van der Waals surface area contributed by atoms with Gasteiger partial charge in [0.25, 0.3) is 0 Å². The number of hydrogen-bond acceptors (Lipinski definition) is 5. The van der Waals surface area contributed by atoms with E-state index in [0.29, 0.717) is 48.2 Å². The van der Waals surface area contributed by atoms with Crippen molar-refractivity contribution in [3.05, 3.63) is 88.7 Å². The number of hydrogen-bond donors (Lipinski definition) is 2. The zero-order chi connectivity index (χ0) is 22.3. The first-order chi connectivity index (χ1) is 15.6. The lowest BCUT2D eigenvalue weighted by molar-refractivity contribution is -0.121. The Morgan fingerprint density at radius 2 is 1.81 bits per heavy atom. The van der Waals surface area contributed by atoms with Crippen LogP contribution in [-0.2, 0) is 17.8 Å². The summed E-state index contributed by atoms with van der Waals surface area (Å²) in [5.41, 5.74) is 2.83. The zero-order valence-corrected chi connectivity index (χ0v) is 18.6. The number of amides is 1. The van der Waals surface area contributed by atoms with Crippen LogP contribution in [0.15, 0.2) is 66.7 Å². The fraction of sp³-hybridized carbons (Fsp3) is 0.250. The van der Waals surface area contributed by atoms with Gasteiger partial charge in [0.15, 0.2) is 11.5 Å². The van der Waals surface area contributed by atoms with Crippen LogP contribution in [0, 0.1) is 0 Å². The SMILES string of the molecule is C[C@H](CNC(=O)CCc1nnc2ccc(NCc3ccccc3Cl)nn12)c1ccccc1. The van der Waals surface area contributed by atoms with E-state index < -0.39 is 0 Å². The van der Waals surface area contributed by atoms with E-state index >= 15 is 0 Å². The van der Waals surface area contributed by atoms with E-state index in [4.69, 9.17) is 11.6 Å². The second-order valence-corrected chi connectivity index (χ2v) is 8.07. The van der Waals surface area contributed by atoms with Crippen LogP contribution in [0.25, 0.3) is 5.65 Å². The van der Waals surface area contributed by atoms with E-state index in [0.717, 1.165) is 5.56 Å². The van der Waals surface area contributed by atoms with Crippen molar-refractivity contribution in [1.29, 1.82) is 0 Å². The summed E-state index contributed by atoms with van der Waals surface area (Å²) in [5.74, 6) is 1.56. The third-order valence-electron chi connectivity index (χ3n) is 5.29. The summed E-state index contributed by atoms with van der Waals surface area (Å²) >= 11 is 6.22. The van der Waals surface area contributed by atoms with Gasteiger partial charge >= 0.3 is 0 Å². The van der Waals surface area contributed by atoms with Crippen LogP contribution in [0.4, 0.5) is 5.82 Å². The Kier molecular flexibility index (Phi) is 6.97. The molecule has 164 valence electrons. The number of nitrogens with one attached hydrogen (secondary N) is 2. The van der Waals surface area contributed by atoms with Gasteiger partial charge in [0.05, 0.1) is 0 Å². The Bertz CT molecular complexity index is 1190. The van der Waals surface area contributed by atoms with Crippen molar-refractivity contribution in [3.8, 4) is 0 Å². The van der Waals surface area contributed by atoms with Gasteiger partial charge in [-0.1, -0.05) is 67.1 Å². The highest BCUT2D eigenvalue weighted by atomic mass is 35.5.